The van der Waals surface area contributed by atoms with Gasteiger partial charge in [0, 0.05) is 28.3 Å². The molecule has 82 valence electrons. The Kier molecular flexibility index (Phi) is 4.08. The highest BCUT2D eigenvalue weighted by Gasteiger charge is 2.09. The molecule has 1 aromatic rings. The quantitative estimate of drug-likeness (QED) is 0.674. The minimum absolute atomic E-state index is 0.0941. The molecule has 0 aromatic heterocycles. The number of nitrogens with zero attached hydrogens (tertiary/aromatic N) is 1. The van der Waals surface area contributed by atoms with Crippen LogP contribution in [-0.4, -0.2) is 11.0 Å². The van der Waals surface area contributed by atoms with Gasteiger partial charge in [-0.3, -0.25) is 10.1 Å². The van der Waals surface area contributed by atoms with Crippen molar-refractivity contribution in [3.63, 3.8) is 0 Å². The molecule has 1 rings (SSSR count). The van der Waals surface area contributed by atoms with Crippen LogP contribution in [0.15, 0.2) is 22.7 Å². The van der Waals surface area contributed by atoms with E-state index in [4.69, 9.17) is 0 Å². The molecule has 1 aromatic carbocycles. The molecule has 0 bridgehead atoms. The van der Waals surface area contributed by atoms with Crippen molar-refractivity contribution in [2.75, 3.05) is 5.32 Å². The van der Waals surface area contributed by atoms with Gasteiger partial charge in [-0.15, -0.1) is 0 Å². The average Bonchev–Trinajstić information content (AvgIpc) is 2.20. The second-order valence-corrected chi connectivity index (χ2v) is 4.23. The fourth-order valence-electron chi connectivity index (χ4n) is 1.10. The lowest BCUT2D eigenvalue weighted by atomic mass is 10.2. The van der Waals surface area contributed by atoms with Crippen LogP contribution in [-0.2, 0) is 0 Å². The van der Waals surface area contributed by atoms with Gasteiger partial charge in [-0.1, -0.05) is 6.92 Å². The van der Waals surface area contributed by atoms with Crippen LogP contribution in [0.4, 0.5) is 11.4 Å². The summed E-state index contributed by atoms with van der Waals surface area (Å²) in [5, 5.41) is 13.8. The maximum absolute atomic E-state index is 10.5. The lowest BCUT2D eigenvalue weighted by molar-refractivity contribution is -0.384. The van der Waals surface area contributed by atoms with E-state index in [1.165, 1.54) is 12.1 Å². The average molecular weight is 273 g/mol. The van der Waals surface area contributed by atoms with Gasteiger partial charge in [0.25, 0.3) is 5.69 Å². The maximum atomic E-state index is 10.5. The van der Waals surface area contributed by atoms with Crippen LogP contribution < -0.4 is 5.32 Å². The van der Waals surface area contributed by atoms with E-state index in [1.54, 1.807) is 6.07 Å². The summed E-state index contributed by atoms with van der Waals surface area (Å²) in [7, 11) is 0. The molecule has 0 radical (unpaired) electrons. The summed E-state index contributed by atoms with van der Waals surface area (Å²) < 4.78 is 0.719. The van der Waals surface area contributed by atoms with Crippen molar-refractivity contribution in [2.45, 2.75) is 26.3 Å². The first-order valence-corrected chi connectivity index (χ1v) is 5.54. The standard InChI is InChI=1S/C10H13BrN2O2/c1-3-7(2)12-10-5-4-8(13(14)15)6-9(10)11/h4-7,12H,3H2,1-2H3/t7-/m0/s1. The number of nitro benzene ring substituents is 1. The number of nitrogens with one attached hydrogen (secondary N) is 1. The Hall–Kier alpha value is -1.10. The van der Waals surface area contributed by atoms with E-state index in [9.17, 15) is 10.1 Å². The Morgan fingerprint density at radius 3 is 2.73 bits per heavy atom. The van der Waals surface area contributed by atoms with Gasteiger partial charge in [-0.25, -0.2) is 0 Å². The minimum atomic E-state index is -0.405. The highest BCUT2D eigenvalue weighted by atomic mass is 79.9. The van der Waals surface area contributed by atoms with E-state index >= 15 is 0 Å². The van der Waals surface area contributed by atoms with E-state index in [-0.39, 0.29) is 5.69 Å². The van der Waals surface area contributed by atoms with Crippen LogP contribution in [0.3, 0.4) is 0 Å². The number of rotatable bonds is 4. The van der Waals surface area contributed by atoms with Crippen molar-refractivity contribution in [1.82, 2.24) is 0 Å². The molecule has 0 saturated carbocycles. The Bertz CT molecular complexity index is 368. The summed E-state index contributed by atoms with van der Waals surface area (Å²) in [6.07, 6.45) is 1.00. The van der Waals surface area contributed by atoms with Gasteiger partial charge in [0.1, 0.15) is 0 Å². The number of hydrogen-bond donors (Lipinski definition) is 1. The van der Waals surface area contributed by atoms with Crippen molar-refractivity contribution < 1.29 is 4.92 Å². The van der Waals surface area contributed by atoms with Crippen molar-refractivity contribution >= 4 is 27.3 Å². The predicted octanol–water partition coefficient (Wildman–Crippen LogP) is 3.57. The Labute approximate surface area is 97.0 Å². The van der Waals surface area contributed by atoms with Crippen LogP contribution in [0.25, 0.3) is 0 Å². The Morgan fingerprint density at radius 2 is 2.27 bits per heavy atom. The lowest BCUT2D eigenvalue weighted by Gasteiger charge is -2.13. The number of anilines is 1. The van der Waals surface area contributed by atoms with Gasteiger partial charge < -0.3 is 5.32 Å². The second-order valence-electron chi connectivity index (χ2n) is 3.37. The van der Waals surface area contributed by atoms with E-state index in [1.807, 2.05) is 0 Å². The van der Waals surface area contributed by atoms with Gasteiger partial charge in [-0.05, 0) is 35.3 Å². The molecule has 15 heavy (non-hydrogen) atoms. The van der Waals surface area contributed by atoms with E-state index in [2.05, 4.69) is 35.1 Å². The van der Waals surface area contributed by atoms with E-state index in [0.717, 1.165) is 16.6 Å². The minimum Gasteiger partial charge on any atom is -0.382 e. The van der Waals surface area contributed by atoms with E-state index < -0.39 is 4.92 Å². The zero-order valence-electron chi connectivity index (χ0n) is 8.66. The molecular formula is C10H13BrN2O2. The van der Waals surface area contributed by atoms with Crippen LogP contribution in [0.1, 0.15) is 20.3 Å². The normalized spacial score (nSPS) is 12.2. The topological polar surface area (TPSA) is 55.2 Å². The van der Waals surface area contributed by atoms with Gasteiger partial charge in [0.05, 0.1) is 4.92 Å². The summed E-state index contributed by atoms with van der Waals surface area (Å²) in [4.78, 5) is 10.1. The summed E-state index contributed by atoms with van der Waals surface area (Å²) in [6.45, 7) is 4.14. The molecule has 0 unspecified atom stereocenters. The largest absolute Gasteiger partial charge is 0.382 e. The molecule has 0 aliphatic heterocycles. The van der Waals surface area contributed by atoms with Crippen molar-refractivity contribution in [3.8, 4) is 0 Å². The number of benzene rings is 1. The Morgan fingerprint density at radius 1 is 1.60 bits per heavy atom. The number of nitro groups is 1. The monoisotopic (exact) mass is 272 g/mol. The van der Waals surface area contributed by atoms with Crippen molar-refractivity contribution in [3.05, 3.63) is 32.8 Å². The zero-order valence-corrected chi connectivity index (χ0v) is 10.2. The van der Waals surface area contributed by atoms with Gasteiger partial charge in [-0.2, -0.15) is 0 Å². The molecule has 0 spiro atoms. The van der Waals surface area contributed by atoms with Crippen LogP contribution in [0, 0.1) is 10.1 Å². The highest BCUT2D eigenvalue weighted by Crippen LogP contribution is 2.27. The van der Waals surface area contributed by atoms with E-state index in [0.29, 0.717) is 6.04 Å². The summed E-state index contributed by atoms with van der Waals surface area (Å²) in [5.74, 6) is 0. The van der Waals surface area contributed by atoms with Gasteiger partial charge in [0.2, 0.25) is 0 Å². The smallest absolute Gasteiger partial charge is 0.270 e. The second kappa shape index (κ2) is 5.11. The first-order chi connectivity index (χ1) is 7.04. The highest BCUT2D eigenvalue weighted by molar-refractivity contribution is 9.10. The molecule has 0 heterocycles. The first-order valence-electron chi connectivity index (χ1n) is 4.75. The van der Waals surface area contributed by atoms with Crippen LogP contribution in [0.2, 0.25) is 0 Å². The predicted molar refractivity (Wildman–Crippen MR) is 64.2 cm³/mol. The molecule has 5 heteroatoms. The summed E-state index contributed by atoms with van der Waals surface area (Å²) in [6, 6.07) is 5.07. The van der Waals surface area contributed by atoms with Crippen LogP contribution >= 0.6 is 15.9 Å². The third-order valence-electron chi connectivity index (χ3n) is 2.18. The number of halogens is 1. The third kappa shape index (κ3) is 3.20. The maximum Gasteiger partial charge on any atom is 0.270 e. The fraction of sp³-hybridized carbons (Fsp3) is 0.400. The van der Waals surface area contributed by atoms with Crippen LogP contribution in [0.5, 0.6) is 0 Å². The molecule has 1 atom stereocenters. The lowest BCUT2D eigenvalue weighted by Crippen LogP contribution is -2.13. The van der Waals surface area contributed by atoms with Crippen molar-refractivity contribution in [1.29, 1.82) is 0 Å². The zero-order chi connectivity index (χ0) is 11.4. The molecule has 0 saturated heterocycles. The number of hydrogen-bond acceptors (Lipinski definition) is 3. The molecule has 0 aliphatic rings. The van der Waals surface area contributed by atoms with Gasteiger partial charge in [0.15, 0.2) is 0 Å². The molecule has 1 N–H and O–H groups in total. The van der Waals surface area contributed by atoms with Crippen molar-refractivity contribution in [2.24, 2.45) is 0 Å². The summed E-state index contributed by atoms with van der Waals surface area (Å²) >= 11 is 3.31. The summed E-state index contributed by atoms with van der Waals surface area (Å²) in [5.41, 5.74) is 0.978. The molecule has 0 fully saturated rings. The number of non-ortho nitro benzene ring substituents is 1. The fourth-order valence-corrected chi connectivity index (χ4v) is 1.58. The third-order valence-corrected chi connectivity index (χ3v) is 2.83. The van der Waals surface area contributed by atoms with Gasteiger partial charge >= 0.3 is 0 Å². The first kappa shape index (κ1) is 12.0. The molecule has 0 aliphatic carbocycles. The molecule has 0 amide bonds. The molecular weight excluding hydrogens is 260 g/mol. The Balaban J connectivity index is 2.88. The SMILES string of the molecule is CC[C@H](C)Nc1ccc([N+](=O)[O-])cc1Br. The molecule has 4 nitrogen and oxygen atoms in total.